The first-order chi connectivity index (χ1) is 10.7. The highest BCUT2D eigenvalue weighted by Gasteiger charge is 2.24. The van der Waals surface area contributed by atoms with Gasteiger partial charge in [-0.2, -0.15) is 8.78 Å². The molecule has 1 saturated heterocycles. The van der Waals surface area contributed by atoms with Crippen LogP contribution >= 0.6 is 11.3 Å². The van der Waals surface area contributed by atoms with Crippen molar-refractivity contribution in [1.82, 2.24) is 9.88 Å². The Bertz CT molecular complexity index is 595. The lowest BCUT2D eigenvalue weighted by atomic mass is 10.1. The molecule has 1 aromatic carbocycles. The van der Waals surface area contributed by atoms with Gasteiger partial charge in [0, 0.05) is 36.8 Å². The van der Waals surface area contributed by atoms with Gasteiger partial charge in [-0.1, -0.05) is 18.2 Å². The van der Waals surface area contributed by atoms with Crippen LogP contribution in [0, 0.1) is 0 Å². The lowest BCUT2D eigenvalue weighted by Crippen LogP contribution is -2.37. The third-order valence-electron chi connectivity index (χ3n) is 3.46. The van der Waals surface area contributed by atoms with Crippen molar-refractivity contribution in [3.63, 3.8) is 0 Å². The van der Waals surface area contributed by atoms with Crippen LogP contribution in [0.4, 0.5) is 8.78 Å². The van der Waals surface area contributed by atoms with Crippen molar-refractivity contribution in [3.05, 3.63) is 46.4 Å². The number of ether oxygens (including phenoxy) is 2. The summed E-state index contributed by atoms with van der Waals surface area (Å²) in [5, 5.41) is 2.87. The Hall–Kier alpha value is -1.57. The van der Waals surface area contributed by atoms with Crippen molar-refractivity contribution in [1.29, 1.82) is 0 Å². The largest absolute Gasteiger partial charge is 0.434 e. The maximum atomic E-state index is 12.5. The number of rotatable bonds is 5. The van der Waals surface area contributed by atoms with Crippen molar-refractivity contribution >= 4 is 11.3 Å². The Morgan fingerprint density at radius 2 is 2.27 bits per heavy atom. The number of hydrogen-bond acceptors (Lipinski definition) is 5. The average molecular weight is 326 g/mol. The first-order valence-corrected chi connectivity index (χ1v) is 7.86. The smallest absolute Gasteiger partial charge is 0.387 e. The number of alkyl halides is 2. The van der Waals surface area contributed by atoms with Crippen LogP contribution in [0.3, 0.4) is 0 Å². The van der Waals surface area contributed by atoms with Crippen LogP contribution in [0.1, 0.15) is 16.7 Å². The van der Waals surface area contributed by atoms with Gasteiger partial charge in [0.25, 0.3) is 0 Å². The fourth-order valence-corrected chi connectivity index (χ4v) is 3.15. The fraction of sp³-hybridized carbons (Fsp3) is 0.400. The quantitative estimate of drug-likeness (QED) is 0.844. The molecular weight excluding hydrogens is 310 g/mol. The molecule has 1 aliphatic rings. The van der Waals surface area contributed by atoms with Crippen molar-refractivity contribution < 1.29 is 18.3 Å². The number of hydrogen-bond donors (Lipinski definition) is 0. The molecule has 1 atom stereocenters. The van der Waals surface area contributed by atoms with Crippen LogP contribution in [-0.4, -0.2) is 36.2 Å². The van der Waals surface area contributed by atoms with Crippen LogP contribution < -0.4 is 4.74 Å². The maximum Gasteiger partial charge on any atom is 0.387 e. The first-order valence-electron chi connectivity index (χ1n) is 6.98. The molecule has 1 fully saturated rings. The molecule has 2 aromatic rings. The molecule has 22 heavy (non-hydrogen) atoms. The van der Waals surface area contributed by atoms with Gasteiger partial charge in [-0.3, -0.25) is 4.90 Å². The standard InChI is InChI=1S/C15H16F2N2O2S/c16-15(17)21-12-4-2-1-3-11(12)9-19-6-7-20-13(10-19)14-18-5-8-22-14/h1-5,8,13,15H,6-7,9-10H2. The molecule has 0 amide bonds. The van der Waals surface area contributed by atoms with E-state index in [9.17, 15) is 8.78 Å². The Kier molecular flexibility index (Phi) is 4.97. The number of benzene rings is 1. The minimum atomic E-state index is -2.81. The minimum Gasteiger partial charge on any atom is -0.434 e. The second-order valence-electron chi connectivity index (χ2n) is 4.95. The number of aromatic nitrogens is 1. The molecule has 0 N–H and O–H groups in total. The molecule has 1 aromatic heterocycles. The van der Waals surface area contributed by atoms with Crippen molar-refractivity contribution in [2.45, 2.75) is 19.3 Å². The summed E-state index contributed by atoms with van der Waals surface area (Å²) < 4.78 is 35.3. The lowest BCUT2D eigenvalue weighted by molar-refractivity contribution is -0.0527. The summed E-state index contributed by atoms with van der Waals surface area (Å²) in [6, 6.07) is 6.90. The second-order valence-corrected chi connectivity index (χ2v) is 5.88. The first kappa shape index (κ1) is 15.3. The predicted octanol–water partition coefficient (Wildman–Crippen LogP) is 3.32. The molecule has 0 radical (unpaired) electrons. The molecule has 0 saturated carbocycles. The predicted molar refractivity (Wildman–Crippen MR) is 79.2 cm³/mol. The SMILES string of the molecule is FC(F)Oc1ccccc1CN1CCOC(c2nccs2)C1. The van der Waals surface area contributed by atoms with Gasteiger partial charge in [0.05, 0.1) is 6.61 Å². The molecule has 3 rings (SSSR count). The van der Waals surface area contributed by atoms with Crippen LogP contribution in [0.25, 0.3) is 0 Å². The highest BCUT2D eigenvalue weighted by molar-refractivity contribution is 7.09. The zero-order valence-corrected chi connectivity index (χ0v) is 12.6. The average Bonchev–Trinajstić information content (AvgIpc) is 3.03. The molecule has 0 spiro atoms. The van der Waals surface area contributed by atoms with E-state index in [1.807, 2.05) is 17.5 Å². The minimum absolute atomic E-state index is 0.0584. The van der Waals surface area contributed by atoms with Gasteiger partial charge >= 0.3 is 6.61 Å². The summed E-state index contributed by atoms with van der Waals surface area (Å²) in [7, 11) is 0. The van der Waals surface area contributed by atoms with Gasteiger partial charge in [0.2, 0.25) is 0 Å². The van der Waals surface area contributed by atoms with Crippen molar-refractivity contribution in [3.8, 4) is 5.75 Å². The Labute approximate surface area is 131 Å². The van der Waals surface area contributed by atoms with E-state index in [4.69, 9.17) is 4.74 Å². The van der Waals surface area contributed by atoms with Gasteiger partial charge < -0.3 is 9.47 Å². The molecule has 1 aliphatic heterocycles. The molecule has 0 bridgehead atoms. The molecular formula is C15H16F2N2O2S. The van der Waals surface area contributed by atoms with Gasteiger partial charge in [0.1, 0.15) is 16.9 Å². The zero-order chi connectivity index (χ0) is 15.4. The molecule has 7 heteroatoms. The van der Waals surface area contributed by atoms with E-state index in [0.29, 0.717) is 19.7 Å². The van der Waals surface area contributed by atoms with Crippen LogP contribution in [0.2, 0.25) is 0 Å². The Balaban J connectivity index is 1.68. The van der Waals surface area contributed by atoms with Crippen molar-refractivity contribution in [2.75, 3.05) is 19.7 Å². The van der Waals surface area contributed by atoms with Gasteiger partial charge in [-0.05, 0) is 6.07 Å². The summed E-state index contributed by atoms with van der Waals surface area (Å²) in [5.74, 6) is 0.231. The van der Waals surface area contributed by atoms with E-state index < -0.39 is 6.61 Å². The number of para-hydroxylation sites is 1. The van der Waals surface area contributed by atoms with E-state index in [1.165, 1.54) is 0 Å². The third kappa shape index (κ3) is 3.79. The normalized spacial score (nSPS) is 19.5. The number of nitrogens with zero attached hydrogens (tertiary/aromatic N) is 2. The monoisotopic (exact) mass is 326 g/mol. The number of halogens is 2. The Morgan fingerprint density at radius 3 is 3.05 bits per heavy atom. The van der Waals surface area contributed by atoms with E-state index in [2.05, 4.69) is 14.6 Å². The zero-order valence-electron chi connectivity index (χ0n) is 11.8. The molecule has 1 unspecified atom stereocenters. The van der Waals surface area contributed by atoms with E-state index in [1.54, 1.807) is 29.7 Å². The van der Waals surface area contributed by atoms with E-state index >= 15 is 0 Å². The lowest BCUT2D eigenvalue weighted by Gasteiger charge is -2.32. The molecule has 118 valence electrons. The van der Waals surface area contributed by atoms with Crippen LogP contribution in [0.15, 0.2) is 35.8 Å². The van der Waals surface area contributed by atoms with Gasteiger partial charge in [0.15, 0.2) is 0 Å². The summed E-state index contributed by atoms with van der Waals surface area (Å²) in [4.78, 5) is 6.45. The summed E-state index contributed by atoms with van der Waals surface area (Å²) in [5.41, 5.74) is 0.752. The maximum absolute atomic E-state index is 12.5. The number of morpholine rings is 1. The highest BCUT2D eigenvalue weighted by Crippen LogP contribution is 2.27. The van der Waals surface area contributed by atoms with Crippen molar-refractivity contribution in [2.24, 2.45) is 0 Å². The topological polar surface area (TPSA) is 34.6 Å². The van der Waals surface area contributed by atoms with Gasteiger partial charge in [-0.25, -0.2) is 4.98 Å². The Morgan fingerprint density at radius 1 is 1.41 bits per heavy atom. The highest BCUT2D eigenvalue weighted by atomic mass is 32.1. The van der Waals surface area contributed by atoms with E-state index in [0.717, 1.165) is 17.1 Å². The molecule has 0 aliphatic carbocycles. The summed E-state index contributed by atoms with van der Waals surface area (Å²) in [6.07, 6.45) is 1.70. The molecule has 2 heterocycles. The fourth-order valence-electron chi connectivity index (χ4n) is 2.48. The number of thiazole rings is 1. The summed E-state index contributed by atoms with van der Waals surface area (Å²) in [6.45, 7) is -0.216. The molecule has 4 nitrogen and oxygen atoms in total. The third-order valence-corrected chi connectivity index (χ3v) is 4.33. The second kappa shape index (κ2) is 7.13. The summed E-state index contributed by atoms with van der Waals surface area (Å²) >= 11 is 1.56. The van der Waals surface area contributed by atoms with Crippen LogP contribution in [0.5, 0.6) is 5.75 Å². The van der Waals surface area contributed by atoms with Gasteiger partial charge in [-0.15, -0.1) is 11.3 Å². The van der Waals surface area contributed by atoms with Crippen LogP contribution in [-0.2, 0) is 11.3 Å². The van der Waals surface area contributed by atoms with E-state index in [-0.39, 0.29) is 11.9 Å².